The monoisotopic (exact) mass is 134 g/mol. The summed E-state index contributed by atoms with van der Waals surface area (Å²) in [5, 5.41) is 1.92. The lowest BCUT2D eigenvalue weighted by Crippen LogP contribution is -1.58. The van der Waals surface area contributed by atoms with E-state index in [1.54, 1.807) is 0 Å². The Hall–Kier alpha value is -0.0100. The van der Waals surface area contributed by atoms with Crippen LogP contribution < -0.4 is 0 Å². The zero-order chi connectivity index (χ0) is 5.98. The molecule has 2 heteroatoms. The maximum Gasteiger partial charge on any atom is 0.0568 e. The van der Waals surface area contributed by atoms with Crippen LogP contribution in [-0.2, 0) is 5.86 Å². The molecule has 1 rings (SSSR count). The molecule has 7 heavy (non-hydrogen) atoms. The van der Waals surface area contributed by atoms with Crippen molar-refractivity contribution in [3.05, 3.63) is 22.4 Å². The molecule has 0 nitrogen and oxygen atoms in total. The van der Waals surface area contributed by atoms with Crippen molar-refractivity contribution in [1.82, 2.24) is 0 Å². The molecular formula is C5H5ClS. The van der Waals surface area contributed by atoms with Gasteiger partial charge in [-0.1, -0.05) is 6.07 Å². The van der Waals surface area contributed by atoms with Crippen molar-refractivity contribution in [2.75, 3.05) is 0 Å². The quantitative estimate of drug-likeness (QED) is 0.518. The number of halogens is 1. The summed E-state index contributed by atoms with van der Waals surface area (Å²) < 4.78 is 7.01. The molecule has 0 N–H and O–H groups in total. The second kappa shape index (κ2) is 2.34. The van der Waals surface area contributed by atoms with Crippen LogP contribution in [0.5, 0.6) is 0 Å². The zero-order valence-electron chi connectivity index (χ0n) is 4.60. The third-order valence-corrected chi connectivity index (χ3v) is 1.83. The molecule has 1 atom stereocenters. The van der Waals surface area contributed by atoms with Crippen LogP contribution in [0, 0.1) is 0 Å². The van der Waals surface area contributed by atoms with E-state index in [9.17, 15) is 0 Å². The lowest BCUT2D eigenvalue weighted by molar-refractivity contribution is 1.53. The van der Waals surface area contributed by atoms with Crippen molar-refractivity contribution in [1.29, 1.82) is 0 Å². The normalized spacial score (nSPS) is 15.9. The summed E-state index contributed by atoms with van der Waals surface area (Å²) in [5.74, 6) is -0.574. The minimum atomic E-state index is -0.574. The summed E-state index contributed by atoms with van der Waals surface area (Å²) in [6.07, 6.45) is 0. The SMILES string of the molecule is [3H]C(Cl)c1cccs1. The summed E-state index contributed by atoms with van der Waals surface area (Å²) in [7, 11) is 0. The van der Waals surface area contributed by atoms with Crippen LogP contribution in [0.25, 0.3) is 0 Å². The Morgan fingerprint density at radius 2 is 2.86 bits per heavy atom. The van der Waals surface area contributed by atoms with Gasteiger partial charge in [-0.15, -0.1) is 22.9 Å². The number of hydrogen-bond donors (Lipinski definition) is 0. The van der Waals surface area contributed by atoms with Crippen molar-refractivity contribution in [3.8, 4) is 0 Å². The van der Waals surface area contributed by atoms with Gasteiger partial charge in [0.05, 0.1) is 5.86 Å². The topological polar surface area (TPSA) is 0 Å². The average Bonchev–Trinajstić information content (AvgIpc) is 2.12. The second-order valence-electron chi connectivity index (χ2n) is 1.12. The highest BCUT2D eigenvalue weighted by molar-refractivity contribution is 7.10. The van der Waals surface area contributed by atoms with Crippen molar-refractivity contribution >= 4 is 22.9 Å². The van der Waals surface area contributed by atoms with Crippen LogP contribution >= 0.6 is 22.9 Å². The fourth-order valence-electron chi connectivity index (χ4n) is 0.353. The first-order valence-corrected chi connectivity index (χ1v) is 3.22. The van der Waals surface area contributed by atoms with Crippen LogP contribution in [0.1, 0.15) is 6.25 Å². The average molecular weight is 135 g/mol. The molecule has 0 fully saturated rings. The van der Waals surface area contributed by atoms with E-state index in [1.165, 1.54) is 11.3 Å². The van der Waals surface area contributed by atoms with E-state index in [0.29, 0.717) is 0 Å². The van der Waals surface area contributed by atoms with Gasteiger partial charge in [0.1, 0.15) is 0 Å². The highest BCUT2D eigenvalue weighted by Crippen LogP contribution is 2.09. The second-order valence-corrected chi connectivity index (χ2v) is 2.32. The summed E-state index contributed by atoms with van der Waals surface area (Å²) in [4.78, 5) is 0.909. The number of rotatable bonds is 1. The molecule has 0 saturated heterocycles. The van der Waals surface area contributed by atoms with Crippen molar-refractivity contribution < 1.29 is 1.37 Å². The van der Waals surface area contributed by atoms with E-state index >= 15 is 0 Å². The largest absolute Gasteiger partial charge is 0.148 e. The van der Waals surface area contributed by atoms with E-state index in [2.05, 4.69) is 0 Å². The number of thiophene rings is 1. The smallest absolute Gasteiger partial charge is 0.0568 e. The summed E-state index contributed by atoms with van der Waals surface area (Å²) >= 11 is 6.93. The van der Waals surface area contributed by atoms with Gasteiger partial charge in [0.15, 0.2) is 0 Å². The van der Waals surface area contributed by atoms with Gasteiger partial charge in [-0.25, -0.2) is 0 Å². The summed E-state index contributed by atoms with van der Waals surface area (Å²) in [5.41, 5.74) is 0. The van der Waals surface area contributed by atoms with Gasteiger partial charge in [0.25, 0.3) is 0 Å². The molecule has 0 amide bonds. The first-order chi connectivity index (χ1) is 3.80. The van der Waals surface area contributed by atoms with Crippen molar-refractivity contribution in [2.24, 2.45) is 0 Å². The van der Waals surface area contributed by atoms with Gasteiger partial charge < -0.3 is 0 Å². The van der Waals surface area contributed by atoms with E-state index in [4.69, 9.17) is 13.0 Å². The first kappa shape index (κ1) is 3.93. The van der Waals surface area contributed by atoms with Gasteiger partial charge in [-0.05, 0) is 11.4 Å². The number of hydrogen-bond acceptors (Lipinski definition) is 1. The Balaban J connectivity index is 2.77. The van der Waals surface area contributed by atoms with Gasteiger partial charge in [0.2, 0.25) is 0 Å². The Morgan fingerprint density at radius 3 is 3.14 bits per heavy atom. The molecule has 1 heterocycles. The molecule has 0 bridgehead atoms. The first-order valence-electron chi connectivity index (χ1n) is 2.48. The zero-order valence-corrected chi connectivity index (χ0v) is 5.17. The molecular weight excluding hydrogens is 128 g/mol. The maximum atomic E-state index is 7.01. The van der Waals surface area contributed by atoms with E-state index in [-0.39, 0.29) is 0 Å². The summed E-state index contributed by atoms with van der Waals surface area (Å²) in [6, 6.07) is 3.75. The third kappa shape index (κ3) is 1.18. The van der Waals surface area contributed by atoms with Crippen molar-refractivity contribution in [2.45, 2.75) is 5.86 Å². The molecule has 0 aliphatic rings. The molecule has 0 aliphatic carbocycles. The highest BCUT2D eigenvalue weighted by Gasteiger charge is 1.84. The molecule has 1 aromatic rings. The molecule has 0 spiro atoms. The Morgan fingerprint density at radius 1 is 2.00 bits per heavy atom. The minimum absolute atomic E-state index is 0.574. The minimum Gasteiger partial charge on any atom is -0.148 e. The summed E-state index contributed by atoms with van der Waals surface area (Å²) in [6.45, 7) is 0. The Labute approximate surface area is 53.1 Å². The van der Waals surface area contributed by atoms with Crippen LogP contribution in [-0.4, -0.2) is 0 Å². The fourth-order valence-corrected chi connectivity index (χ4v) is 1.10. The standard InChI is InChI=1S/C5H5ClS/c6-4-5-2-1-3-7-5/h1-3H,4H2/i4T. The molecule has 1 unspecified atom stereocenters. The van der Waals surface area contributed by atoms with Crippen LogP contribution in [0.3, 0.4) is 0 Å². The molecule has 0 aliphatic heterocycles. The molecule has 0 radical (unpaired) electrons. The lowest BCUT2D eigenvalue weighted by atomic mass is 10.5. The Kier molecular flexibility index (Phi) is 1.31. The third-order valence-electron chi connectivity index (χ3n) is 0.651. The van der Waals surface area contributed by atoms with Gasteiger partial charge >= 0.3 is 0 Å². The van der Waals surface area contributed by atoms with E-state index in [0.717, 1.165) is 4.88 Å². The predicted molar refractivity (Wildman–Crippen MR) is 33.9 cm³/mol. The number of alkyl halides is 1. The maximum absolute atomic E-state index is 7.01. The van der Waals surface area contributed by atoms with Gasteiger partial charge in [0, 0.05) is 6.25 Å². The van der Waals surface area contributed by atoms with Crippen LogP contribution in [0.15, 0.2) is 17.5 Å². The van der Waals surface area contributed by atoms with Gasteiger partial charge in [-0.3, -0.25) is 0 Å². The fraction of sp³-hybridized carbons (Fsp3) is 0.200. The molecule has 0 saturated carbocycles. The lowest BCUT2D eigenvalue weighted by Gasteiger charge is -1.76. The van der Waals surface area contributed by atoms with E-state index in [1.807, 2.05) is 17.5 Å². The van der Waals surface area contributed by atoms with Gasteiger partial charge in [-0.2, -0.15) is 0 Å². The molecule has 1 aromatic heterocycles. The predicted octanol–water partition coefficient (Wildman–Crippen LogP) is 2.49. The molecule has 0 aromatic carbocycles. The highest BCUT2D eigenvalue weighted by atomic mass is 35.5. The van der Waals surface area contributed by atoms with Crippen molar-refractivity contribution in [3.63, 3.8) is 0 Å². The Bertz CT molecular complexity index is 147. The van der Waals surface area contributed by atoms with Crippen LogP contribution in [0.4, 0.5) is 0 Å². The van der Waals surface area contributed by atoms with E-state index < -0.39 is 5.86 Å². The molecule has 38 valence electrons. The van der Waals surface area contributed by atoms with Crippen LogP contribution in [0.2, 0.25) is 0 Å².